The summed E-state index contributed by atoms with van der Waals surface area (Å²) < 4.78 is 11.6. The highest BCUT2D eigenvalue weighted by atomic mass is 79.9. The molecular weight excluding hydrogens is 332 g/mol. The van der Waals surface area contributed by atoms with E-state index in [0.717, 1.165) is 40.3 Å². The average Bonchev–Trinajstić information content (AvgIpc) is 2.48. The van der Waals surface area contributed by atoms with E-state index in [1.54, 1.807) is 14.2 Å². The van der Waals surface area contributed by atoms with Gasteiger partial charge in [0, 0.05) is 23.3 Å². The van der Waals surface area contributed by atoms with Crippen LogP contribution >= 0.6 is 15.9 Å². The van der Waals surface area contributed by atoms with Gasteiger partial charge in [0.1, 0.15) is 0 Å². The molecule has 1 aromatic carbocycles. The Morgan fingerprint density at radius 3 is 2.48 bits per heavy atom. The first kappa shape index (κ1) is 15.8. The molecule has 0 aliphatic heterocycles. The summed E-state index contributed by atoms with van der Waals surface area (Å²) in [6, 6.07) is 9.92. The lowest BCUT2D eigenvalue weighted by atomic mass is 10.2. The smallest absolute Gasteiger partial charge is 0.161 e. The van der Waals surface area contributed by atoms with Gasteiger partial charge in [-0.3, -0.25) is 4.98 Å². The highest BCUT2D eigenvalue weighted by molar-refractivity contribution is 9.10. The number of rotatable bonds is 6. The van der Waals surface area contributed by atoms with E-state index in [1.807, 2.05) is 37.3 Å². The minimum absolute atomic E-state index is 0.716. The predicted molar refractivity (Wildman–Crippen MR) is 86.8 cm³/mol. The van der Waals surface area contributed by atoms with E-state index < -0.39 is 0 Å². The first-order valence-corrected chi connectivity index (χ1v) is 7.47. The van der Waals surface area contributed by atoms with Crippen LogP contribution < -0.4 is 14.8 Å². The van der Waals surface area contributed by atoms with Crippen LogP contribution in [0.2, 0.25) is 0 Å². The first-order valence-electron chi connectivity index (χ1n) is 6.67. The molecule has 0 unspecified atom stereocenters. The maximum Gasteiger partial charge on any atom is 0.161 e. The van der Waals surface area contributed by atoms with E-state index in [9.17, 15) is 0 Å². The van der Waals surface area contributed by atoms with Crippen molar-refractivity contribution in [1.29, 1.82) is 0 Å². The molecule has 0 bridgehead atoms. The van der Waals surface area contributed by atoms with Crippen molar-refractivity contribution in [3.05, 3.63) is 51.8 Å². The molecule has 4 nitrogen and oxygen atoms in total. The summed E-state index contributed by atoms with van der Waals surface area (Å²) >= 11 is 3.56. The third-order valence-electron chi connectivity index (χ3n) is 3.12. The van der Waals surface area contributed by atoms with Gasteiger partial charge < -0.3 is 14.8 Å². The molecule has 1 N–H and O–H groups in total. The SMILES string of the molecule is COc1cc(Br)c(CNCc2cccc(C)n2)cc1OC. The molecule has 0 aliphatic rings. The average molecular weight is 351 g/mol. The molecule has 0 aliphatic carbocycles. The van der Waals surface area contributed by atoms with Crippen LogP contribution in [0, 0.1) is 6.92 Å². The maximum absolute atomic E-state index is 5.33. The van der Waals surface area contributed by atoms with Crippen LogP contribution in [0.1, 0.15) is 17.0 Å². The Hall–Kier alpha value is -1.59. The van der Waals surface area contributed by atoms with Gasteiger partial charge in [0.15, 0.2) is 11.5 Å². The van der Waals surface area contributed by atoms with Crippen LogP contribution in [0.5, 0.6) is 11.5 Å². The Kier molecular flexibility index (Phi) is 5.59. The van der Waals surface area contributed by atoms with Gasteiger partial charge in [-0.25, -0.2) is 0 Å². The number of hydrogen-bond acceptors (Lipinski definition) is 4. The predicted octanol–water partition coefficient (Wildman–Crippen LogP) is 3.46. The zero-order chi connectivity index (χ0) is 15.2. The maximum atomic E-state index is 5.33. The lowest BCUT2D eigenvalue weighted by molar-refractivity contribution is 0.354. The summed E-state index contributed by atoms with van der Waals surface area (Å²) in [5.74, 6) is 1.44. The number of hydrogen-bond donors (Lipinski definition) is 1. The largest absolute Gasteiger partial charge is 0.493 e. The number of nitrogens with zero attached hydrogens (tertiary/aromatic N) is 1. The standard InChI is InChI=1S/C16H19BrN2O2/c1-11-5-4-6-13(19-11)10-18-9-12-7-15(20-2)16(21-3)8-14(12)17/h4-8,18H,9-10H2,1-3H3. The van der Waals surface area contributed by atoms with Gasteiger partial charge in [-0.05, 0) is 36.8 Å². The molecule has 1 aromatic heterocycles. The molecule has 0 atom stereocenters. The summed E-state index contributed by atoms with van der Waals surface area (Å²) in [7, 11) is 3.27. The van der Waals surface area contributed by atoms with E-state index in [4.69, 9.17) is 9.47 Å². The number of ether oxygens (including phenoxy) is 2. The van der Waals surface area contributed by atoms with Crippen LogP contribution in [0.25, 0.3) is 0 Å². The van der Waals surface area contributed by atoms with Crippen molar-refractivity contribution in [1.82, 2.24) is 10.3 Å². The number of aromatic nitrogens is 1. The van der Waals surface area contributed by atoms with Crippen LogP contribution in [-0.4, -0.2) is 19.2 Å². The quantitative estimate of drug-likeness (QED) is 0.866. The van der Waals surface area contributed by atoms with Crippen molar-refractivity contribution in [3.8, 4) is 11.5 Å². The lowest BCUT2D eigenvalue weighted by Gasteiger charge is -2.12. The van der Waals surface area contributed by atoms with Crippen LogP contribution in [0.15, 0.2) is 34.8 Å². The van der Waals surface area contributed by atoms with Crippen LogP contribution in [-0.2, 0) is 13.1 Å². The Labute approximate surface area is 133 Å². The van der Waals surface area contributed by atoms with Crippen molar-refractivity contribution in [2.24, 2.45) is 0 Å². The van der Waals surface area contributed by atoms with Gasteiger partial charge in [-0.15, -0.1) is 0 Å². The van der Waals surface area contributed by atoms with Gasteiger partial charge in [0.2, 0.25) is 0 Å². The lowest BCUT2D eigenvalue weighted by Crippen LogP contribution is -2.14. The summed E-state index contributed by atoms with van der Waals surface area (Å²) in [5.41, 5.74) is 3.17. The number of halogens is 1. The van der Waals surface area contributed by atoms with Crippen molar-refractivity contribution < 1.29 is 9.47 Å². The topological polar surface area (TPSA) is 43.4 Å². The van der Waals surface area contributed by atoms with Crippen molar-refractivity contribution >= 4 is 15.9 Å². The summed E-state index contributed by atoms with van der Waals surface area (Å²) in [4.78, 5) is 4.47. The highest BCUT2D eigenvalue weighted by Gasteiger charge is 2.09. The molecule has 5 heteroatoms. The molecule has 0 saturated heterocycles. The van der Waals surface area contributed by atoms with Crippen molar-refractivity contribution in [2.75, 3.05) is 14.2 Å². The Bertz CT molecular complexity index is 617. The van der Waals surface area contributed by atoms with Gasteiger partial charge in [0.05, 0.1) is 19.9 Å². The van der Waals surface area contributed by atoms with Crippen LogP contribution in [0.3, 0.4) is 0 Å². The number of pyridine rings is 1. The molecule has 2 rings (SSSR count). The van der Waals surface area contributed by atoms with Gasteiger partial charge in [-0.1, -0.05) is 22.0 Å². The zero-order valence-corrected chi connectivity index (χ0v) is 14.0. The van der Waals surface area contributed by atoms with Crippen molar-refractivity contribution in [2.45, 2.75) is 20.0 Å². The zero-order valence-electron chi connectivity index (χ0n) is 12.4. The molecule has 0 spiro atoms. The fourth-order valence-electron chi connectivity index (χ4n) is 2.05. The number of benzene rings is 1. The van der Waals surface area contributed by atoms with E-state index >= 15 is 0 Å². The number of aryl methyl sites for hydroxylation is 1. The fraction of sp³-hybridized carbons (Fsp3) is 0.312. The molecular formula is C16H19BrN2O2. The van der Waals surface area contributed by atoms with Crippen LogP contribution in [0.4, 0.5) is 0 Å². The Morgan fingerprint density at radius 2 is 1.81 bits per heavy atom. The summed E-state index contributed by atoms with van der Waals surface area (Å²) in [6.07, 6.45) is 0. The normalized spacial score (nSPS) is 10.5. The second-order valence-corrected chi connectivity index (χ2v) is 5.53. The second-order valence-electron chi connectivity index (χ2n) is 4.67. The monoisotopic (exact) mass is 350 g/mol. The molecule has 0 radical (unpaired) electrons. The Morgan fingerprint density at radius 1 is 1.10 bits per heavy atom. The molecule has 21 heavy (non-hydrogen) atoms. The Balaban J connectivity index is 2.03. The van der Waals surface area contributed by atoms with E-state index in [-0.39, 0.29) is 0 Å². The fourth-order valence-corrected chi connectivity index (χ4v) is 2.52. The minimum atomic E-state index is 0.716. The second kappa shape index (κ2) is 7.43. The third kappa shape index (κ3) is 4.19. The third-order valence-corrected chi connectivity index (χ3v) is 3.86. The molecule has 0 amide bonds. The summed E-state index contributed by atoms with van der Waals surface area (Å²) in [6.45, 7) is 3.44. The highest BCUT2D eigenvalue weighted by Crippen LogP contribution is 2.33. The molecule has 112 valence electrons. The van der Waals surface area contributed by atoms with Crippen molar-refractivity contribution in [3.63, 3.8) is 0 Å². The molecule has 0 saturated carbocycles. The summed E-state index contributed by atoms with van der Waals surface area (Å²) in [5, 5.41) is 3.39. The minimum Gasteiger partial charge on any atom is -0.493 e. The number of nitrogens with one attached hydrogen (secondary N) is 1. The number of methoxy groups -OCH3 is 2. The molecule has 1 heterocycles. The van der Waals surface area contributed by atoms with E-state index in [0.29, 0.717) is 5.75 Å². The van der Waals surface area contributed by atoms with Gasteiger partial charge >= 0.3 is 0 Å². The molecule has 0 fully saturated rings. The molecule has 2 aromatic rings. The van der Waals surface area contributed by atoms with E-state index in [2.05, 4.69) is 26.2 Å². The first-order chi connectivity index (χ1) is 10.1. The van der Waals surface area contributed by atoms with E-state index in [1.165, 1.54) is 0 Å². The van der Waals surface area contributed by atoms with Gasteiger partial charge in [-0.2, -0.15) is 0 Å². The van der Waals surface area contributed by atoms with Gasteiger partial charge in [0.25, 0.3) is 0 Å².